The number of allylic oxidation sites excluding steroid dienone is 4. The number of Topliss-reactive ketones (excluding diaryl/α,β-unsaturated/α-hetero) is 2. The van der Waals surface area contributed by atoms with Crippen LogP contribution in [0.25, 0.3) is 5.57 Å². The molecule has 3 fully saturated rings. The predicted octanol–water partition coefficient (Wildman–Crippen LogP) is 6.42. The molecule has 9 rings (SSSR count). The number of fused-ring (bicyclic) bond motifs is 6. The molecular weight excluding hydrogens is 1680 g/mol. The average Bonchev–Trinajstić information content (AvgIpc) is 1.57. The number of rotatable bonds is 27. The molecule has 0 unspecified atom stereocenters. The van der Waals surface area contributed by atoms with Gasteiger partial charge in [0, 0.05) is 81.7 Å². The number of phenolic OH excluding ortho intramolecular Hbond substituents is 1. The quantitative estimate of drug-likeness (QED) is 0.0133. The fourth-order valence-corrected chi connectivity index (χ4v) is 19.7. The molecule has 4 bridgehead atoms. The molecule has 36 heteroatoms. The number of halogens is 1. The van der Waals surface area contributed by atoms with Crippen molar-refractivity contribution in [3.05, 3.63) is 154 Å². The van der Waals surface area contributed by atoms with Gasteiger partial charge in [-0.25, -0.2) is 9.59 Å². The molecule has 31 nitrogen and oxygen atoms in total. The van der Waals surface area contributed by atoms with E-state index in [1.54, 1.807) is 71.3 Å². The number of nitrogens with zero attached hydrogens (tertiary/aromatic N) is 2. The van der Waals surface area contributed by atoms with Gasteiger partial charge in [0.1, 0.15) is 64.6 Å². The Kier molecular flexibility index (Phi) is 38.3. The Labute approximate surface area is 739 Å². The lowest BCUT2D eigenvalue weighted by Crippen LogP contribution is -2.63. The van der Waals surface area contributed by atoms with Crippen molar-refractivity contribution in [3.63, 3.8) is 0 Å². The first-order valence-corrected chi connectivity index (χ1v) is 46.3. The summed E-state index contributed by atoms with van der Waals surface area (Å²) in [6.07, 6.45) is 4.80. The van der Waals surface area contributed by atoms with E-state index in [1.165, 1.54) is 100 Å². The zero-order chi connectivity index (χ0) is 90.0. The molecule has 4 aromatic rings. The number of alkyl carbamates (subject to hydrolysis) is 1. The zero-order valence-electron chi connectivity index (χ0n) is 71.3. The fourth-order valence-electron chi connectivity index (χ4n) is 14.7. The van der Waals surface area contributed by atoms with E-state index >= 15 is 0 Å². The minimum atomic E-state index is -1.85. The van der Waals surface area contributed by atoms with Crippen LogP contribution in [0.2, 0.25) is 5.02 Å². The second kappa shape index (κ2) is 47.4. The second-order valence-corrected chi connectivity index (χ2v) is 37.1. The molecule has 4 aliphatic heterocycles. The Balaban J connectivity index is 0.000000307. The Morgan fingerprint density at radius 2 is 1.54 bits per heavy atom. The highest BCUT2D eigenvalue weighted by atomic mass is 35.5. The monoisotopic (exact) mass is 1800 g/mol. The number of aromatic hydroxyl groups is 1. The molecule has 1 aliphatic carbocycles. The topological polar surface area (TPSA) is 463 Å². The standard InChI is InChI=1S/C48H61N7O8S2.C39H56ClN5O11S2/c1-3-38-46(61)54-41(29(2)56)27-64-65-28-42(55-45(60)37(50)24-30-11-5-4-6-12-30)43(58)26-34(23-31-16-20-35(57)21-17-31)44(59)53-40(25-33-19-18-32-13-7-8-14-36(32)33)48(63)52-39(47(62)51-38)15-9-10-22-49;1-21-11-10-12-29(53-9)39(51)19-28(54-37(50)43-39)22(2)34-38(4,56-34)30(18-32(47)45(7)26-16-24(15-21)17-27(52-8)33(26)40)55-36(49)23(3)44(6)31(46)13-14-57-58-20-25(42-5)35(41)48/h4-8,11-14,16-17,19-21,34,37-42,57H,3,9-10,15,18,22-28,49-50H2,1-2H3,(H,51,62)(H,52,63)(H,53,59)(H,54,61)(H,55,60);10-12,16-17,22-23,25,28-30,34,42,51H,13-15,18-20H2,1-9H3,(H2,41,48)(H,43,50)/b;12-10+,21-11+/t34-,37-,38+,39+,40-,41+,42+;22-,23+,25+,28+,29-,30+,34+,38+,39+/m11/s1. The van der Waals surface area contributed by atoms with Gasteiger partial charge in [0.2, 0.25) is 47.3 Å². The number of nitrogens with two attached hydrogens (primary N) is 3. The first-order chi connectivity index (χ1) is 58.5. The summed E-state index contributed by atoms with van der Waals surface area (Å²) in [7, 11) is 12.8. The van der Waals surface area contributed by atoms with Crippen LogP contribution in [-0.2, 0) is 97.4 Å². The minimum absolute atomic E-state index is 0.0124. The Hall–Kier alpha value is -9.01. The number of carbonyl (C=O) groups excluding carboxylic acids is 12. The molecule has 5 aliphatic rings. The third kappa shape index (κ3) is 28.2. The van der Waals surface area contributed by atoms with E-state index in [1.807, 2.05) is 73.7 Å². The number of carbonyl (C=O) groups is 12. The van der Waals surface area contributed by atoms with E-state index in [4.69, 9.17) is 52.5 Å². The van der Waals surface area contributed by atoms with Crippen molar-refractivity contribution in [1.29, 1.82) is 0 Å². The van der Waals surface area contributed by atoms with Crippen molar-refractivity contribution < 1.29 is 91.4 Å². The number of amides is 9. The van der Waals surface area contributed by atoms with Gasteiger partial charge in [0.25, 0.3) is 0 Å². The largest absolute Gasteiger partial charge is 0.508 e. The van der Waals surface area contributed by atoms with Gasteiger partial charge >= 0.3 is 12.1 Å². The summed E-state index contributed by atoms with van der Waals surface area (Å²) in [5, 5.41) is 41.5. The molecule has 123 heavy (non-hydrogen) atoms. The molecule has 15 N–H and O–H groups in total. The van der Waals surface area contributed by atoms with Crippen LogP contribution in [0.15, 0.2) is 121 Å². The normalized spacial score (nSPS) is 26.4. The van der Waals surface area contributed by atoms with Gasteiger partial charge < -0.3 is 92.8 Å². The summed E-state index contributed by atoms with van der Waals surface area (Å²) in [5.41, 5.74) is 20.8. The van der Waals surface area contributed by atoms with E-state index in [9.17, 15) is 67.7 Å². The fraction of sp³-hybridized carbons (Fsp3) is 0.517. The summed E-state index contributed by atoms with van der Waals surface area (Å²) < 4.78 is 29.3. The van der Waals surface area contributed by atoms with Crippen LogP contribution in [-0.4, -0.2) is 235 Å². The molecule has 0 aromatic heterocycles. The summed E-state index contributed by atoms with van der Waals surface area (Å²) in [6.45, 7) is 10.3. The number of hydrogen-bond acceptors (Lipinski definition) is 26. The number of aliphatic hydroxyl groups is 1. The molecule has 0 spiro atoms. The summed E-state index contributed by atoms with van der Waals surface area (Å²) in [5.74, 6) is -6.11. The Morgan fingerprint density at radius 3 is 2.21 bits per heavy atom. The first-order valence-electron chi connectivity index (χ1n) is 41.0. The van der Waals surface area contributed by atoms with Crippen LogP contribution >= 0.6 is 54.8 Å². The molecule has 670 valence electrons. The van der Waals surface area contributed by atoms with E-state index in [-0.39, 0.29) is 91.8 Å². The highest BCUT2D eigenvalue weighted by molar-refractivity contribution is 8.77. The molecule has 0 saturated carbocycles. The average molecular weight is 1800 g/mol. The van der Waals surface area contributed by atoms with Gasteiger partial charge in [0.15, 0.2) is 17.3 Å². The highest BCUT2D eigenvalue weighted by Gasteiger charge is 2.65. The molecule has 4 heterocycles. The predicted molar refractivity (Wildman–Crippen MR) is 477 cm³/mol. The number of unbranched alkanes of at least 4 members (excludes halogenated alkanes) is 1. The van der Waals surface area contributed by atoms with Gasteiger partial charge in [-0.3, -0.25) is 53.3 Å². The Morgan fingerprint density at radius 1 is 0.862 bits per heavy atom. The molecule has 3 saturated heterocycles. The lowest BCUT2D eigenvalue weighted by atomic mass is 9.83. The number of nitrogens with one attached hydrogen (secondary N) is 7. The molecule has 16 atom stereocenters. The van der Waals surface area contributed by atoms with Gasteiger partial charge in [-0.1, -0.05) is 165 Å². The van der Waals surface area contributed by atoms with Gasteiger partial charge in [-0.05, 0) is 150 Å². The van der Waals surface area contributed by atoms with Gasteiger partial charge in [-0.15, -0.1) is 0 Å². The van der Waals surface area contributed by atoms with Crippen LogP contribution in [0.1, 0.15) is 127 Å². The SMILES string of the molecule is CC[C@@H]1NC(=O)[C@H](CCCCN)NC(=O)[C@@H](CC2=CCc3ccccc32)NC(=O)[C@H](Cc2ccc(O)cc2)CC(=O)[C@@H](NC(=O)[C@H](N)Cc2ccccc2)CSSC[C@@H](C(C)=O)NC1=O.CN[C@@H](CSSCCC(=O)N(C)[C@@H](C)C(=O)O[C@H]1CC(=O)N(C)c2cc(cc(OC)c2Cl)C/C(C)=C/C=C/[C@@H](OC)[C@@]2(O)C[C@H](OC(=O)N2)[C@@H](C)[C@@H]2O[C@@]12C)C(N)=O. The molecule has 0 radical (unpaired) electrons. The van der Waals surface area contributed by atoms with Crippen molar-refractivity contribution >= 4 is 137 Å². The van der Waals surface area contributed by atoms with Crippen LogP contribution in [0, 0.1) is 11.8 Å². The van der Waals surface area contributed by atoms with E-state index in [2.05, 4.69) is 37.2 Å². The van der Waals surface area contributed by atoms with Gasteiger partial charge in [0.05, 0.1) is 49.5 Å². The van der Waals surface area contributed by atoms with Crippen LogP contribution in [0.3, 0.4) is 0 Å². The summed E-state index contributed by atoms with van der Waals surface area (Å²) in [6, 6.07) is 18.7. The summed E-state index contributed by atoms with van der Waals surface area (Å²) >= 11 is 6.77. The van der Waals surface area contributed by atoms with Crippen LogP contribution in [0.4, 0.5) is 10.5 Å². The maximum atomic E-state index is 14.7. The Bertz CT molecular complexity index is 4490. The van der Waals surface area contributed by atoms with Crippen LogP contribution in [0.5, 0.6) is 11.5 Å². The molecular formula is C87H117ClN12O19S4. The molecule has 4 aromatic carbocycles. The number of ether oxygens (including phenoxy) is 5. The smallest absolute Gasteiger partial charge is 0.409 e. The van der Waals surface area contributed by atoms with E-state index in [0.29, 0.717) is 60.7 Å². The number of benzene rings is 4. The number of epoxide rings is 1. The number of primary amides is 1. The number of likely N-dealkylation sites (N-methyl/N-ethyl adjacent to an activating group) is 2. The third-order valence-corrected chi connectivity index (χ3v) is 27.7. The van der Waals surface area contributed by atoms with Gasteiger partial charge in [-0.2, -0.15) is 0 Å². The highest BCUT2D eigenvalue weighted by Crippen LogP contribution is 2.50. The number of methoxy groups -OCH3 is 2. The summed E-state index contributed by atoms with van der Waals surface area (Å²) in [4.78, 5) is 166. The van der Waals surface area contributed by atoms with Crippen molar-refractivity contribution in [3.8, 4) is 11.5 Å². The van der Waals surface area contributed by atoms with Crippen LogP contribution < -0.4 is 64.1 Å². The second-order valence-electron chi connectivity index (χ2n) is 31.5. The lowest BCUT2D eigenvalue weighted by Gasteiger charge is -2.42. The number of esters is 1. The number of anilines is 1. The minimum Gasteiger partial charge on any atom is -0.508 e. The zero-order valence-corrected chi connectivity index (χ0v) is 75.3. The van der Waals surface area contributed by atoms with Crippen molar-refractivity contribution in [1.82, 2.24) is 42.1 Å². The van der Waals surface area contributed by atoms with E-state index < -0.39 is 155 Å². The van der Waals surface area contributed by atoms with Crippen molar-refractivity contribution in [2.24, 2.45) is 29.0 Å². The maximum Gasteiger partial charge on any atom is 0.409 e. The third-order valence-electron chi connectivity index (χ3n) is 22.5. The van der Waals surface area contributed by atoms with Crippen molar-refractivity contribution in [2.75, 3.05) is 69.8 Å². The van der Waals surface area contributed by atoms with Crippen molar-refractivity contribution in [2.45, 2.75) is 209 Å². The number of ketones is 2. The number of phenols is 1. The lowest BCUT2D eigenvalue weighted by molar-refractivity contribution is -0.162. The van der Waals surface area contributed by atoms with E-state index in [0.717, 1.165) is 33.4 Å². The maximum absolute atomic E-state index is 14.7. The molecule has 9 amide bonds. The first kappa shape index (κ1) is 99.4. The number of hydrogen-bond donors (Lipinski definition) is 12.